The molecule has 1 heterocycles. The molecule has 2 rings (SSSR count). The van der Waals surface area contributed by atoms with Crippen molar-refractivity contribution in [3.63, 3.8) is 0 Å². The molecule has 0 bridgehead atoms. The molecule has 2 fully saturated rings. The van der Waals surface area contributed by atoms with Crippen molar-refractivity contribution in [3.8, 4) is 0 Å². The third-order valence-electron chi connectivity index (χ3n) is 5.50. The predicted octanol–water partition coefficient (Wildman–Crippen LogP) is 2.57. The number of likely N-dealkylation sites (N-methyl/N-ethyl adjacent to an activating group) is 1. The van der Waals surface area contributed by atoms with Crippen LogP contribution in [0, 0.1) is 0 Å². The molecule has 0 spiro atoms. The van der Waals surface area contributed by atoms with E-state index in [-0.39, 0.29) is 23.9 Å². The highest BCUT2D eigenvalue weighted by Crippen LogP contribution is 2.31. The van der Waals surface area contributed by atoms with Crippen LogP contribution in [0.3, 0.4) is 0 Å². The average molecular weight is 398 g/mol. The molecule has 0 N–H and O–H groups in total. The maximum atomic E-state index is 12.8. The Balaban J connectivity index is 2.25. The molecule has 0 aromatic carbocycles. The Bertz CT molecular complexity index is 583. The van der Waals surface area contributed by atoms with Crippen LogP contribution in [-0.2, 0) is 19.2 Å². The average Bonchev–Trinajstić information content (AvgIpc) is 3.04. The number of carbonyl (C=O) groups is 3. The summed E-state index contributed by atoms with van der Waals surface area (Å²) in [5, 5.41) is 1.13. The molecule has 160 valence electrons. The summed E-state index contributed by atoms with van der Waals surface area (Å²) in [7, 11) is 2.93. The van der Waals surface area contributed by atoms with Crippen LogP contribution in [0.4, 0.5) is 4.79 Å². The van der Waals surface area contributed by atoms with E-state index < -0.39 is 17.7 Å². The fourth-order valence-corrected chi connectivity index (χ4v) is 4.24. The van der Waals surface area contributed by atoms with Gasteiger partial charge in [0.2, 0.25) is 5.91 Å². The molecule has 8 nitrogen and oxygen atoms in total. The standard InChI is InChI=1S/C20H35N3O5/c1-14(24)23(15-10-8-7-9-11-15)16-12-17(18(25)21(5)27-6)22(13-16)19(26)28-20(2,3)4/h15-17H,7-13H2,1-6H3/t16-,17+/m0/s1. The van der Waals surface area contributed by atoms with Gasteiger partial charge in [-0.2, -0.15) is 0 Å². The van der Waals surface area contributed by atoms with Gasteiger partial charge in [0.05, 0.1) is 13.2 Å². The first-order valence-corrected chi connectivity index (χ1v) is 10.2. The summed E-state index contributed by atoms with van der Waals surface area (Å²) in [5.41, 5.74) is -0.667. The van der Waals surface area contributed by atoms with Crippen LogP contribution >= 0.6 is 0 Å². The van der Waals surface area contributed by atoms with E-state index in [1.54, 1.807) is 27.7 Å². The van der Waals surface area contributed by atoms with E-state index in [9.17, 15) is 14.4 Å². The Morgan fingerprint density at radius 2 is 1.64 bits per heavy atom. The first kappa shape index (κ1) is 22.5. The van der Waals surface area contributed by atoms with E-state index in [1.807, 2.05) is 4.90 Å². The Morgan fingerprint density at radius 3 is 2.14 bits per heavy atom. The number of likely N-dealkylation sites (tertiary alicyclic amines) is 1. The quantitative estimate of drug-likeness (QED) is 0.681. The second kappa shape index (κ2) is 9.11. The van der Waals surface area contributed by atoms with Gasteiger partial charge in [-0.25, -0.2) is 9.86 Å². The van der Waals surface area contributed by atoms with Gasteiger partial charge in [0.1, 0.15) is 11.6 Å². The Hall–Kier alpha value is -1.83. The van der Waals surface area contributed by atoms with Gasteiger partial charge in [0, 0.05) is 26.6 Å². The molecule has 28 heavy (non-hydrogen) atoms. The minimum absolute atomic E-state index is 0.00534. The summed E-state index contributed by atoms with van der Waals surface area (Å²) < 4.78 is 5.52. The Labute approximate surface area is 168 Å². The van der Waals surface area contributed by atoms with Crippen LogP contribution in [0.1, 0.15) is 66.2 Å². The third kappa shape index (κ3) is 5.37. The number of nitrogens with zero attached hydrogens (tertiary/aromatic N) is 3. The maximum Gasteiger partial charge on any atom is 0.411 e. The molecule has 0 aromatic rings. The van der Waals surface area contributed by atoms with Crippen LogP contribution in [0.25, 0.3) is 0 Å². The molecule has 1 saturated carbocycles. The van der Waals surface area contributed by atoms with Crippen molar-refractivity contribution < 1.29 is 24.0 Å². The van der Waals surface area contributed by atoms with E-state index in [0.29, 0.717) is 13.0 Å². The second-order valence-electron chi connectivity index (χ2n) is 8.77. The van der Waals surface area contributed by atoms with Gasteiger partial charge >= 0.3 is 6.09 Å². The Morgan fingerprint density at radius 1 is 1.04 bits per heavy atom. The molecule has 2 aliphatic rings. The molecule has 0 unspecified atom stereocenters. The second-order valence-corrected chi connectivity index (χ2v) is 8.77. The van der Waals surface area contributed by atoms with Crippen molar-refractivity contribution in [2.45, 2.75) is 89.9 Å². The monoisotopic (exact) mass is 397 g/mol. The van der Waals surface area contributed by atoms with Crippen molar-refractivity contribution in [2.75, 3.05) is 20.7 Å². The van der Waals surface area contributed by atoms with Crippen molar-refractivity contribution in [1.82, 2.24) is 14.9 Å². The lowest BCUT2D eigenvalue weighted by Gasteiger charge is -2.38. The number of carbonyl (C=O) groups excluding carboxylic acids is 3. The molecule has 3 amide bonds. The lowest BCUT2D eigenvalue weighted by molar-refractivity contribution is -0.173. The lowest BCUT2D eigenvalue weighted by atomic mass is 9.92. The minimum Gasteiger partial charge on any atom is -0.444 e. The van der Waals surface area contributed by atoms with Crippen molar-refractivity contribution in [3.05, 3.63) is 0 Å². The minimum atomic E-state index is -0.713. The third-order valence-corrected chi connectivity index (χ3v) is 5.50. The van der Waals surface area contributed by atoms with E-state index in [4.69, 9.17) is 9.57 Å². The van der Waals surface area contributed by atoms with Crippen LogP contribution in [-0.4, -0.2) is 77.2 Å². The molecule has 2 atom stereocenters. The summed E-state index contributed by atoms with van der Waals surface area (Å²) in [6.45, 7) is 7.24. The fraction of sp³-hybridized carbons (Fsp3) is 0.850. The zero-order valence-corrected chi connectivity index (χ0v) is 18.1. The van der Waals surface area contributed by atoms with Gasteiger partial charge in [-0.15, -0.1) is 0 Å². The summed E-state index contributed by atoms with van der Waals surface area (Å²) >= 11 is 0. The van der Waals surface area contributed by atoms with E-state index >= 15 is 0 Å². The molecule has 0 aromatic heterocycles. The molecular weight excluding hydrogens is 362 g/mol. The van der Waals surface area contributed by atoms with Gasteiger partial charge in [-0.3, -0.25) is 19.3 Å². The van der Waals surface area contributed by atoms with Gasteiger partial charge in [-0.05, 0) is 40.0 Å². The molecule has 1 aliphatic heterocycles. The topological polar surface area (TPSA) is 79.4 Å². The first-order chi connectivity index (χ1) is 13.0. The number of ether oxygens (including phenoxy) is 1. The number of hydroxylamine groups is 2. The Kier molecular flexibility index (Phi) is 7.31. The highest BCUT2D eigenvalue weighted by molar-refractivity contribution is 5.86. The van der Waals surface area contributed by atoms with Gasteiger partial charge in [0.25, 0.3) is 5.91 Å². The van der Waals surface area contributed by atoms with Crippen molar-refractivity contribution in [1.29, 1.82) is 0 Å². The van der Waals surface area contributed by atoms with Crippen LogP contribution in [0.15, 0.2) is 0 Å². The zero-order valence-electron chi connectivity index (χ0n) is 18.1. The summed E-state index contributed by atoms with van der Waals surface area (Å²) in [6, 6.07) is -0.742. The molecule has 8 heteroatoms. The number of hydrogen-bond donors (Lipinski definition) is 0. The summed E-state index contributed by atoms with van der Waals surface area (Å²) in [5.74, 6) is -0.322. The number of amides is 3. The molecule has 1 saturated heterocycles. The SMILES string of the molecule is CON(C)C(=O)[C@H]1C[C@H](N(C(C)=O)C2CCCCC2)CN1C(=O)OC(C)(C)C. The van der Waals surface area contributed by atoms with E-state index in [1.165, 1.54) is 25.5 Å². The van der Waals surface area contributed by atoms with Crippen LogP contribution < -0.4 is 0 Å². The fourth-order valence-electron chi connectivity index (χ4n) is 4.24. The molecule has 1 aliphatic carbocycles. The number of rotatable bonds is 4. The summed E-state index contributed by atoms with van der Waals surface area (Å²) in [6.07, 6.45) is 5.19. The molecular formula is C20H35N3O5. The number of hydrogen-bond acceptors (Lipinski definition) is 5. The highest BCUT2D eigenvalue weighted by Gasteiger charge is 2.46. The van der Waals surface area contributed by atoms with Crippen LogP contribution in [0.5, 0.6) is 0 Å². The normalized spacial score (nSPS) is 23.4. The van der Waals surface area contributed by atoms with Gasteiger partial charge in [-0.1, -0.05) is 19.3 Å². The van der Waals surface area contributed by atoms with Crippen molar-refractivity contribution in [2.24, 2.45) is 0 Å². The highest BCUT2D eigenvalue weighted by atomic mass is 16.7. The molecule has 0 radical (unpaired) electrons. The zero-order chi connectivity index (χ0) is 21.1. The lowest BCUT2D eigenvalue weighted by Crippen LogP contribution is -2.49. The van der Waals surface area contributed by atoms with Crippen molar-refractivity contribution >= 4 is 17.9 Å². The largest absolute Gasteiger partial charge is 0.444 e. The van der Waals surface area contributed by atoms with E-state index in [2.05, 4.69) is 0 Å². The van der Waals surface area contributed by atoms with Gasteiger partial charge in [0.15, 0.2) is 0 Å². The predicted molar refractivity (Wildman–Crippen MR) is 104 cm³/mol. The maximum absolute atomic E-state index is 12.8. The first-order valence-electron chi connectivity index (χ1n) is 10.2. The summed E-state index contributed by atoms with van der Waals surface area (Å²) in [4.78, 5) is 46.5. The van der Waals surface area contributed by atoms with Gasteiger partial charge < -0.3 is 9.64 Å². The van der Waals surface area contributed by atoms with Crippen LogP contribution in [0.2, 0.25) is 0 Å². The van der Waals surface area contributed by atoms with E-state index in [0.717, 1.165) is 30.7 Å². The smallest absolute Gasteiger partial charge is 0.411 e.